The number of nitrogens with zero attached hydrogens (tertiary/aromatic N) is 1. The molecule has 23 heavy (non-hydrogen) atoms. The first-order chi connectivity index (χ1) is 10.7. The molecule has 0 heterocycles. The standard InChI is InChI=1S/C18H22N2O2S/c1-14-5-11-17(12-6-14)23(21,22)20-19-13-15-7-9-16(10-8-15)18(2,3)4/h5-13,20H,1-4H3/b19-13-. The third kappa shape index (κ3) is 4.66. The summed E-state index contributed by atoms with van der Waals surface area (Å²) in [6.07, 6.45) is 1.50. The van der Waals surface area contributed by atoms with Crippen LogP contribution in [0.5, 0.6) is 0 Å². The van der Waals surface area contributed by atoms with Crippen LogP contribution in [0.25, 0.3) is 0 Å². The van der Waals surface area contributed by atoms with Gasteiger partial charge in [0.2, 0.25) is 0 Å². The highest BCUT2D eigenvalue weighted by molar-refractivity contribution is 7.89. The van der Waals surface area contributed by atoms with Gasteiger partial charge in [-0.3, -0.25) is 0 Å². The highest BCUT2D eigenvalue weighted by Gasteiger charge is 2.13. The summed E-state index contributed by atoms with van der Waals surface area (Å²) in [7, 11) is -3.63. The molecule has 122 valence electrons. The van der Waals surface area contributed by atoms with E-state index in [0.29, 0.717) is 0 Å². The van der Waals surface area contributed by atoms with Crippen molar-refractivity contribution >= 4 is 16.2 Å². The minimum Gasteiger partial charge on any atom is -0.200 e. The molecule has 0 fully saturated rings. The van der Waals surface area contributed by atoms with Crippen molar-refractivity contribution in [2.24, 2.45) is 5.10 Å². The van der Waals surface area contributed by atoms with Gasteiger partial charge in [0.05, 0.1) is 11.1 Å². The van der Waals surface area contributed by atoms with Gasteiger partial charge in [-0.2, -0.15) is 13.5 Å². The molecule has 1 N–H and O–H groups in total. The molecule has 0 spiro atoms. The Bertz CT molecular complexity index is 784. The van der Waals surface area contributed by atoms with Gasteiger partial charge in [0.1, 0.15) is 0 Å². The van der Waals surface area contributed by atoms with Crippen LogP contribution >= 0.6 is 0 Å². The molecule has 0 atom stereocenters. The average Bonchev–Trinajstić information content (AvgIpc) is 2.47. The van der Waals surface area contributed by atoms with Crippen LogP contribution in [-0.4, -0.2) is 14.6 Å². The Hall–Kier alpha value is -2.14. The number of hydrogen-bond donors (Lipinski definition) is 1. The third-order valence-corrected chi connectivity index (χ3v) is 4.73. The second-order valence-corrected chi connectivity index (χ2v) is 8.20. The summed E-state index contributed by atoms with van der Waals surface area (Å²) < 4.78 is 24.2. The molecular formula is C18H22N2O2S. The molecule has 5 heteroatoms. The number of benzene rings is 2. The zero-order chi connectivity index (χ0) is 17.1. The normalized spacial score (nSPS) is 12.5. The van der Waals surface area contributed by atoms with E-state index < -0.39 is 10.0 Å². The number of hydrogen-bond acceptors (Lipinski definition) is 3. The molecule has 0 unspecified atom stereocenters. The summed E-state index contributed by atoms with van der Waals surface area (Å²) in [6.45, 7) is 8.34. The van der Waals surface area contributed by atoms with Gasteiger partial charge in [-0.1, -0.05) is 62.7 Å². The smallest absolute Gasteiger partial charge is 0.200 e. The highest BCUT2D eigenvalue weighted by atomic mass is 32.2. The first-order valence-corrected chi connectivity index (χ1v) is 8.89. The van der Waals surface area contributed by atoms with Gasteiger partial charge in [-0.25, -0.2) is 4.83 Å². The van der Waals surface area contributed by atoms with Crippen molar-refractivity contribution < 1.29 is 8.42 Å². The summed E-state index contributed by atoms with van der Waals surface area (Å²) in [5.74, 6) is 0. The van der Waals surface area contributed by atoms with Crippen molar-refractivity contribution in [2.75, 3.05) is 0 Å². The molecule has 2 rings (SSSR count). The topological polar surface area (TPSA) is 58.5 Å². The Morgan fingerprint density at radius 1 is 0.957 bits per heavy atom. The van der Waals surface area contributed by atoms with Gasteiger partial charge in [-0.05, 0) is 35.6 Å². The average molecular weight is 330 g/mol. The quantitative estimate of drug-likeness (QED) is 0.688. The lowest BCUT2D eigenvalue weighted by Gasteiger charge is -2.18. The summed E-state index contributed by atoms with van der Waals surface area (Å²) in [5.41, 5.74) is 3.15. The number of hydrazone groups is 1. The molecule has 4 nitrogen and oxygen atoms in total. The van der Waals surface area contributed by atoms with Crippen LogP contribution in [0.15, 0.2) is 58.5 Å². The van der Waals surface area contributed by atoms with E-state index in [9.17, 15) is 8.42 Å². The first-order valence-electron chi connectivity index (χ1n) is 7.40. The van der Waals surface area contributed by atoms with E-state index in [1.807, 2.05) is 31.2 Å². The third-order valence-electron chi connectivity index (χ3n) is 3.49. The predicted octanol–water partition coefficient (Wildman–Crippen LogP) is 3.60. The van der Waals surface area contributed by atoms with Crippen molar-refractivity contribution in [2.45, 2.75) is 38.0 Å². The van der Waals surface area contributed by atoms with Crippen molar-refractivity contribution in [3.05, 3.63) is 65.2 Å². The zero-order valence-electron chi connectivity index (χ0n) is 13.9. The lowest BCUT2D eigenvalue weighted by atomic mass is 9.87. The Morgan fingerprint density at radius 2 is 1.52 bits per heavy atom. The van der Waals surface area contributed by atoms with Crippen LogP contribution in [0.3, 0.4) is 0 Å². The van der Waals surface area contributed by atoms with Crippen molar-refractivity contribution in [1.82, 2.24) is 4.83 Å². The highest BCUT2D eigenvalue weighted by Crippen LogP contribution is 2.21. The number of rotatable bonds is 4. The largest absolute Gasteiger partial charge is 0.276 e. The Morgan fingerprint density at radius 3 is 2.04 bits per heavy atom. The lowest BCUT2D eigenvalue weighted by molar-refractivity contribution is 0.584. The zero-order valence-corrected chi connectivity index (χ0v) is 14.7. The molecule has 0 amide bonds. The van der Waals surface area contributed by atoms with Crippen molar-refractivity contribution in [3.63, 3.8) is 0 Å². The molecule has 0 aliphatic heterocycles. The lowest BCUT2D eigenvalue weighted by Crippen LogP contribution is -2.18. The van der Waals surface area contributed by atoms with E-state index in [1.54, 1.807) is 24.3 Å². The van der Waals surface area contributed by atoms with E-state index in [-0.39, 0.29) is 10.3 Å². The number of aryl methyl sites for hydroxylation is 1. The molecular weight excluding hydrogens is 308 g/mol. The summed E-state index contributed by atoms with van der Waals surface area (Å²) in [5, 5.41) is 3.84. The fourth-order valence-corrected chi connectivity index (χ4v) is 2.80. The van der Waals surface area contributed by atoms with Crippen LogP contribution in [-0.2, 0) is 15.4 Å². The summed E-state index contributed by atoms with van der Waals surface area (Å²) >= 11 is 0. The first kappa shape index (κ1) is 17.2. The minimum absolute atomic E-state index is 0.0860. The van der Waals surface area contributed by atoms with Crippen LogP contribution in [0.1, 0.15) is 37.5 Å². The Balaban J connectivity index is 2.07. The van der Waals surface area contributed by atoms with Gasteiger partial charge < -0.3 is 0 Å². The van der Waals surface area contributed by atoms with E-state index in [2.05, 4.69) is 30.7 Å². The van der Waals surface area contributed by atoms with E-state index in [0.717, 1.165) is 11.1 Å². The molecule has 0 aliphatic carbocycles. The van der Waals surface area contributed by atoms with Gasteiger partial charge in [0.15, 0.2) is 0 Å². The van der Waals surface area contributed by atoms with E-state index in [4.69, 9.17) is 0 Å². The van der Waals surface area contributed by atoms with Crippen molar-refractivity contribution in [1.29, 1.82) is 0 Å². The minimum atomic E-state index is -3.63. The summed E-state index contributed by atoms with van der Waals surface area (Å²) in [6, 6.07) is 14.5. The maximum atomic E-state index is 12.1. The Labute approximate surface area is 138 Å². The predicted molar refractivity (Wildman–Crippen MR) is 94.2 cm³/mol. The van der Waals surface area contributed by atoms with Crippen LogP contribution in [0.2, 0.25) is 0 Å². The molecule has 0 saturated heterocycles. The maximum Gasteiger partial charge on any atom is 0.276 e. The van der Waals surface area contributed by atoms with Gasteiger partial charge in [0, 0.05) is 0 Å². The second-order valence-electron chi connectivity index (χ2n) is 6.54. The fraction of sp³-hybridized carbons (Fsp3) is 0.278. The Kier molecular flexibility index (Phi) is 4.90. The van der Waals surface area contributed by atoms with E-state index >= 15 is 0 Å². The van der Waals surface area contributed by atoms with Gasteiger partial charge in [0.25, 0.3) is 10.0 Å². The molecule has 0 aromatic heterocycles. The van der Waals surface area contributed by atoms with Crippen LogP contribution < -0.4 is 4.83 Å². The number of sulfonamides is 1. The number of nitrogens with one attached hydrogen (secondary N) is 1. The molecule has 2 aromatic rings. The summed E-state index contributed by atoms with van der Waals surface area (Å²) in [4.78, 5) is 2.43. The SMILES string of the molecule is Cc1ccc(S(=O)(=O)N/N=C\c2ccc(C(C)(C)C)cc2)cc1. The molecule has 2 aromatic carbocycles. The molecule has 0 saturated carbocycles. The van der Waals surface area contributed by atoms with E-state index in [1.165, 1.54) is 11.8 Å². The van der Waals surface area contributed by atoms with Crippen LogP contribution in [0.4, 0.5) is 0 Å². The monoisotopic (exact) mass is 330 g/mol. The molecule has 0 radical (unpaired) electrons. The van der Waals surface area contributed by atoms with Gasteiger partial charge in [-0.15, -0.1) is 0 Å². The van der Waals surface area contributed by atoms with Crippen molar-refractivity contribution in [3.8, 4) is 0 Å². The molecule has 0 aliphatic rings. The van der Waals surface area contributed by atoms with Gasteiger partial charge >= 0.3 is 0 Å². The fourth-order valence-electron chi connectivity index (χ4n) is 2.01. The maximum absolute atomic E-state index is 12.1. The van der Waals surface area contributed by atoms with Crippen LogP contribution in [0, 0.1) is 6.92 Å². The molecule has 0 bridgehead atoms. The second kappa shape index (κ2) is 6.54.